The van der Waals surface area contributed by atoms with Gasteiger partial charge in [0.05, 0.1) is 11.9 Å². The van der Waals surface area contributed by atoms with Crippen molar-refractivity contribution in [2.24, 2.45) is 5.18 Å². The van der Waals surface area contributed by atoms with E-state index in [0.717, 1.165) is 0 Å². The summed E-state index contributed by atoms with van der Waals surface area (Å²) < 4.78 is 11.9. The van der Waals surface area contributed by atoms with Gasteiger partial charge in [0.2, 0.25) is 0 Å². The largest absolute Gasteiger partial charge is 0.395 e. The lowest BCUT2D eigenvalue weighted by atomic mass is 10.2. The maximum atomic E-state index is 11.9. The minimum atomic E-state index is -0.903. The molecule has 0 saturated heterocycles. The first kappa shape index (κ1) is 9.84. The molecule has 0 saturated carbocycles. The van der Waals surface area contributed by atoms with Crippen LogP contribution in [0.5, 0.6) is 0 Å². The van der Waals surface area contributed by atoms with Crippen LogP contribution in [0, 0.1) is 4.91 Å². The topological polar surface area (TPSA) is 49.7 Å². The Bertz CT molecular complexity index is 99.6. The molecule has 0 heterocycles. The Morgan fingerprint density at radius 1 is 1.80 bits per heavy atom. The molecule has 1 N–H and O–H groups in total. The standard InChI is InChI=1S/C5H10FNO2S/c1-10-5(3-8)4(2-6)7-9/h4-5,8H,2-3H2,1H3/t4-,5?/m0/s1. The average molecular weight is 167 g/mol. The zero-order chi connectivity index (χ0) is 7.98. The summed E-state index contributed by atoms with van der Waals surface area (Å²) in [7, 11) is 0. The highest BCUT2D eigenvalue weighted by Gasteiger charge is 2.20. The lowest BCUT2D eigenvalue weighted by molar-refractivity contribution is 0.270. The summed E-state index contributed by atoms with van der Waals surface area (Å²) in [4.78, 5) is 9.88. The van der Waals surface area contributed by atoms with Crippen molar-refractivity contribution in [2.75, 3.05) is 19.5 Å². The number of nitroso groups, excluding NO2 is 1. The SMILES string of the molecule is CSC(CO)[C@H](CF)N=O. The van der Waals surface area contributed by atoms with Gasteiger partial charge in [-0.3, -0.25) is 0 Å². The van der Waals surface area contributed by atoms with Gasteiger partial charge in [-0.25, -0.2) is 4.39 Å². The summed E-state index contributed by atoms with van der Waals surface area (Å²) in [6.07, 6.45) is 1.70. The number of aliphatic hydroxyl groups excluding tert-OH is 1. The summed E-state index contributed by atoms with van der Waals surface area (Å²) in [6.45, 7) is -1.00. The van der Waals surface area contributed by atoms with E-state index in [1.807, 2.05) is 0 Å². The maximum Gasteiger partial charge on any atom is 0.134 e. The van der Waals surface area contributed by atoms with E-state index >= 15 is 0 Å². The van der Waals surface area contributed by atoms with Gasteiger partial charge in [-0.05, 0) is 6.26 Å². The molecule has 0 aliphatic heterocycles. The fourth-order valence-corrected chi connectivity index (χ4v) is 1.13. The quantitative estimate of drug-likeness (QED) is 0.616. The van der Waals surface area contributed by atoms with E-state index < -0.39 is 18.0 Å². The van der Waals surface area contributed by atoms with Crippen molar-refractivity contribution in [3.63, 3.8) is 0 Å². The molecule has 0 aromatic carbocycles. The highest BCUT2D eigenvalue weighted by molar-refractivity contribution is 7.99. The number of hydrogen-bond acceptors (Lipinski definition) is 4. The van der Waals surface area contributed by atoms with Gasteiger partial charge in [0.1, 0.15) is 12.7 Å². The number of rotatable bonds is 5. The summed E-state index contributed by atoms with van der Waals surface area (Å²) >= 11 is 1.24. The van der Waals surface area contributed by atoms with Gasteiger partial charge >= 0.3 is 0 Å². The molecule has 5 heteroatoms. The summed E-state index contributed by atoms with van der Waals surface area (Å²) in [5.41, 5.74) is 0. The Kier molecular flexibility index (Phi) is 5.52. The lowest BCUT2D eigenvalue weighted by Crippen LogP contribution is -2.26. The number of halogens is 1. The fourth-order valence-electron chi connectivity index (χ4n) is 0.549. The van der Waals surface area contributed by atoms with E-state index in [0.29, 0.717) is 0 Å². The van der Waals surface area contributed by atoms with Gasteiger partial charge in [-0.15, -0.1) is 0 Å². The van der Waals surface area contributed by atoms with Crippen molar-refractivity contribution in [1.29, 1.82) is 0 Å². The van der Waals surface area contributed by atoms with Crippen LogP contribution in [0.2, 0.25) is 0 Å². The first-order chi connectivity index (χ1) is 4.79. The van der Waals surface area contributed by atoms with Crippen molar-refractivity contribution in [3.05, 3.63) is 4.91 Å². The normalized spacial score (nSPS) is 16.3. The zero-order valence-corrected chi connectivity index (χ0v) is 6.47. The van der Waals surface area contributed by atoms with Gasteiger partial charge in [-0.2, -0.15) is 16.7 Å². The molecular formula is C5H10FNO2S. The van der Waals surface area contributed by atoms with E-state index in [9.17, 15) is 9.30 Å². The fraction of sp³-hybridized carbons (Fsp3) is 1.00. The zero-order valence-electron chi connectivity index (χ0n) is 5.66. The van der Waals surface area contributed by atoms with Crippen LogP contribution in [0.4, 0.5) is 4.39 Å². The van der Waals surface area contributed by atoms with E-state index in [2.05, 4.69) is 5.18 Å². The van der Waals surface area contributed by atoms with Gasteiger partial charge in [-0.1, -0.05) is 5.18 Å². The van der Waals surface area contributed by atoms with E-state index in [4.69, 9.17) is 5.11 Å². The molecule has 0 aromatic heterocycles. The number of nitrogens with zero attached hydrogens (tertiary/aromatic N) is 1. The summed E-state index contributed by atoms with van der Waals surface area (Å²) in [6, 6.07) is -0.903. The van der Waals surface area contributed by atoms with Crippen molar-refractivity contribution < 1.29 is 9.50 Å². The summed E-state index contributed by atoms with van der Waals surface area (Å²) in [5, 5.41) is 10.7. The molecule has 0 rings (SSSR count). The second kappa shape index (κ2) is 5.61. The Morgan fingerprint density at radius 2 is 2.40 bits per heavy atom. The van der Waals surface area contributed by atoms with Crippen LogP contribution < -0.4 is 0 Å². The van der Waals surface area contributed by atoms with E-state index in [-0.39, 0.29) is 6.61 Å². The highest BCUT2D eigenvalue weighted by Crippen LogP contribution is 2.13. The van der Waals surface area contributed by atoms with Crippen molar-refractivity contribution in [2.45, 2.75) is 11.3 Å². The van der Waals surface area contributed by atoms with Crippen molar-refractivity contribution >= 4 is 11.8 Å². The first-order valence-electron chi connectivity index (χ1n) is 2.82. The second-order valence-electron chi connectivity index (χ2n) is 1.78. The average Bonchev–Trinajstić information content (AvgIpc) is 2.00. The Balaban J connectivity index is 3.81. The molecule has 10 heavy (non-hydrogen) atoms. The third-order valence-corrected chi connectivity index (χ3v) is 2.27. The number of thioether (sulfide) groups is 1. The van der Waals surface area contributed by atoms with Gasteiger partial charge in [0, 0.05) is 0 Å². The van der Waals surface area contributed by atoms with Crippen LogP contribution in [0.25, 0.3) is 0 Å². The van der Waals surface area contributed by atoms with Crippen LogP contribution in [0.3, 0.4) is 0 Å². The Labute approximate surface area is 63.0 Å². The monoisotopic (exact) mass is 167 g/mol. The van der Waals surface area contributed by atoms with E-state index in [1.165, 1.54) is 11.8 Å². The predicted octanol–water partition coefficient (Wildman–Crippen LogP) is 0.815. The number of aliphatic hydroxyl groups is 1. The third-order valence-electron chi connectivity index (χ3n) is 1.21. The molecule has 1 unspecified atom stereocenters. The molecule has 3 nitrogen and oxygen atoms in total. The molecule has 0 fully saturated rings. The van der Waals surface area contributed by atoms with Gasteiger partial charge < -0.3 is 5.11 Å². The molecule has 0 aliphatic carbocycles. The van der Waals surface area contributed by atoms with Crippen molar-refractivity contribution in [3.8, 4) is 0 Å². The minimum Gasteiger partial charge on any atom is -0.395 e. The number of hydrogen-bond donors (Lipinski definition) is 1. The molecule has 0 bridgehead atoms. The van der Waals surface area contributed by atoms with Crippen molar-refractivity contribution in [1.82, 2.24) is 0 Å². The van der Waals surface area contributed by atoms with Gasteiger partial charge in [0.25, 0.3) is 0 Å². The van der Waals surface area contributed by atoms with Crippen LogP contribution >= 0.6 is 11.8 Å². The van der Waals surface area contributed by atoms with Gasteiger partial charge in [0.15, 0.2) is 0 Å². The predicted molar refractivity (Wildman–Crippen MR) is 39.9 cm³/mol. The second-order valence-corrected chi connectivity index (χ2v) is 2.86. The van der Waals surface area contributed by atoms with Crippen LogP contribution in [-0.2, 0) is 0 Å². The molecule has 0 aromatic rings. The highest BCUT2D eigenvalue weighted by atomic mass is 32.2. The molecule has 60 valence electrons. The Morgan fingerprint density at radius 3 is 2.50 bits per heavy atom. The lowest BCUT2D eigenvalue weighted by Gasteiger charge is -2.12. The molecule has 0 aliphatic rings. The third kappa shape index (κ3) is 2.62. The molecule has 0 amide bonds. The Hall–Kier alpha value is -0.160. The molecule has 2 atom stereocenters. The number of alkyl halides is 1. The summed E-state index contributed by atoms with van der Waals surface area (Å²) in [5.74, 6) is 0. The van der Waals surface area contributed by atoms with Crippen LogP contribution in [0.1, 0.15) is 0 Å². The van der Waals surface area contributed by atoms with Crippen LogP contribution in [-0.4, -0.2) is 35.9 Å². The molecule has 0 radical (unpaired) electrons. The molecule has 0 spiro atoms. The van der Waals surface area contributed by atoms with E-state index in [1.54, 1.807) is 6.26 Å². The molecular weight excluding hydrogens is 157 g/mol. The maximum absolute atomic E-state index is 11.9. The smallest absolute Gasteiger partial charge is 0.134 e. The minimum absolute atomic E-state index is 0.207. The first-order valence-corrected chi connectivity index (χ1v) is 4.11. The van der Waals surface area contributed by atoms with Crippen LogP contribution in [0.15, 0.2) is 5.18 Å².